The van der Waals surface area contributed by atoms with Crippen LogP contribution in [0.25, 0.3) is 0 Å². The van der Waals surface area contributed by atoms with Crippen molar-refractivity contribution in [3.05, 3.63) is 63.6 Å². The predicted octanol–water partition coefficient (Wildman–Crippen LogP) is 4.75. The third-order valence-electron chi connectivity index (χ3n) is 2.84. The molecular weight excluding hydrogens is 326 g/mol. The zero-order chi connectivity index (χ0) is 13.8. The molecule has 0 aliphatic rings. The van der Waals surface area contributed by atoms with Crippen LogP contribution >= 0.6 is 27.5 Å². The number of para-hydroxylation sites is 1. The number of amides is 1. The van der Waals surface area contributed by atoms with Gasteiger partial charge in [0.15, 0.2) is 0 Å². The first-order valence-electron chi connectivity index (χ1n) is 5.83. The summed E-state index contributed by atoms with van der Waals surface area (Å²) in [5, 5.41) is 2.90. The zero-order valence-electron chi connectivity index (χ0n) is 10.4. The van der Waals surface area contributed by atoms with E-state index in [0.717, 1.165) is 21.3 Å². The molecule has 2 aromatic rings. The van der Waals surface area contributed by atoms with Crippen molar-refractivity contribution in [3.63, 3.8) is 0 Å². The number of halogens is 2. The molecule has 0 heterocycles. The second-order valence-corrected chi connectivity index (χ2v) is 5.39. The molecule has 1 N–H and O–H groups in total. The van der Waals surface area contributed by atoms with Gasteiger partial charge in [-0.1, -0.05) is 34.1 Å². The Kier molecular flexibility index (Phi) is 4.61. The lowest BCUT2D eigenvalue weighted by Gasteiger charge is -2.10. The molecule has 0 unspecified atom stereocenters. The summed E-state index contributed by atoms with van der Waals surface area (Å²) in [6.07, 6.45) is 0. The van der Waals surface area contributed by atoms with Gasteiger partial charge in [0.25, 0.3) is 5.91 Å². The molecule has 0 spiro atoms. The fourth-order valence-electron chi connectivity index (χ4n) is 1.83. The normalized spacial score (nSPS) is 10.3. The highest BCUT2D eigenvalue weighted by Gasteiger charge is 2.11. The molecule has 0 saturated heterocycles. The Balaban J connectivity index is 2.26. The molecule has 0 bridgehead atoms. The molecular formula is C15H13BrClNO. The van der Waals surface area contributed by atoms with Gasteiger partial charge < -0.3 is 5.32 Å². The average molecular weight is 339 g/mol. The second-order valence-electron chi connectivity index (χ2n) is 4.20. The van der Waals surface area contributed by atoms with Crippen LogP contribution in [0.4, 0.5) is 5.69 Å². The van der Waals surface area contributed by atoms with Crippen molar-refractivity contribution in [1.82, 2.24) is 0 Å². The van der Waals surface area contributed by atoms with Crippen LogP contribution in [-0.4, -0.2) is 5.91 Å². The van der Waals surface area contributed by atoms with E-state index in [1.807, 2.05) is 43.3 Å². The van der Waals surface area contributed by atoms with Crippen LogP contribution in [0.2, 0.25) is 0 Å². The van der Waals surface area contributed by atoms with Gasteiger partial charge in [-0.2, -0.15) is 0 Å². The number of hydrogen-bond donors (Lipinski definition) is 1. The Morgan fingerprint density at radius 3 is 2.68 bits per heavy atom. The van der Waals surface area contributed by atoms with Gasteiger partial charge >= 0.3 is 0 Å². The number of benzene rings is 2. The highest BCUT2D eigenvalue weighted by atomic mass is 79.9. The standard InChI is InChI=1S/C15H13BrClNO/c1-10-8-12(16)6-7-13(10)15(19)18-14-5-3-2-4-11(14)9-17/h2-8H,9H2,1H3,(H,18,19). The summed E-state index contributed by atoms with van der Waals surface area (Å²) in [6, 6.07) is 13.1. The van der Waals surface area contributed by atoms with E-state index in [-0.39, 0.29) is 5.91 Å². The maximum Gasteiger partial charge on any atom is 0.255 e. The van der Waals surface area contributed by atoms with Crippen molar-refractivity contribution in [2.75, 3.05) is 5.32 Å². The highest BCUT2D eigenvalue weighted by Crippen LogP contribution is 2.20. The molecule has 0 aliphatic heterocycles. The molecule has 0 aliphatic carbocycles. The minimum atomic E-state index is -0.123. The Morgan fingerprint density at radius 2 is 2.00 bits per heavy atom. The van der Waals surface area contributed by atoms with Gasteiger partial charge in [-0.25, -0.2) is 0 Å². The number of aryl methyl sites for hydroxylation is 1. The molecule has 1 amide bonds. The third-order valence-corrected chi connectivity index (χ3v) is 3.62. The van der Waals surface area contributed by atoms with Crippen molar-refractivity contribution in [3.8, 4) is 0 Å². The second kappa shape index (κ2) is 6.22. The highest BCUT2D eigenvalue weighted by molar-refractivity contribution is 9.10. The monoisotopic (exact) mass is 337 g/mol. The summed E-state index contributed by atoms with van der Waals surface area (Å²) in [5.74, 6) is 0.248. The molecule has 4 heteroatoms. The largest absolute Gasteiger partial charge is 0.322 e. The maximum atomic E-state index is 12.2. The molecule has 0 radical (unpaired) electrons. The van der Waals surface area contributed by atoms with Gasteiger partial charge in [0, 0.05) is 21.6 Å². The van der Waals surface area contributed by atoms with Gasteiger partial charge in [0.1, 0.15) is 0 Å². The van der Waals surface area contributed by atoms with Crippen molar-refractivity contribution in [1.29, 1.82) is 0 Å². The Labute approximate surface area is 125 Å². The van der Waals surface area contributed by atoms with E-state index in [1.165, 1.54) is 0 Å². The van der Waals surface area contributed by atoms with Crippen LogP contribution in [0.15, 0.2) is 46.9 Å². The molecule has 0 atom stereocenters. The first-order valence-corrected chi connectivity index (χ1v) is 7.16. The van der Waals surface area contributed by atoms with Gasteiger partial charge in [-0.15, -0.1) is 11.6 Å². The first kappa shape index (κ1) is 14.1. The average Bonchev–Trinajstić information content (AvgIpc) is 2.39. The van der Waals surface area contributed by atoms with E-state index >= 15 is 0 Å². The molecule has 0 fully saturated rings. The van der Waals surface area contributed by atoms with Crippen LogP contribution in [-0.2, 0) is 5.88 Å². The van der Waals surface area contributed by atoms with E-state index in [9.17, 15) is 4.79 Å². The zero-order valence-corrected chi connectivity index (χ0v) is 12.8. The summed E-state index contributed by atoms with van der Waals surface area (Å²) in [4.78, 5) is 12.2. The maximum absolute atomic E-state index is 12.2. The fourth-order valence-corrected chi connectivity index (χ4v) is 2.54. The lowest BCUT2D eigenvalue weighted by molar-refractivity contribution is 0.102. The summed E-state index contributed by atoms with van der Waals surface area (Å²) in [6.45, 7) is 1.91. The van der Waals surface area contributed by atoms with E-state index in [4.69, 9.17) is 11.6 Å². The number of hydrogen-bond acceptors (Lipinski definition) is 1. The van der Waals surface area contributed by atoms with Crippen LogP contribution < -0.4 is 5.32 Å². The molecule has 0 saturated carbocycles. The van der Waals surface area contributed by atoms with E-state index in [2.05, 4.69) is 21.2 Å². The number of rotatable bonds is 3. The van der Waals surface area contributed by atoms with Gasteiger partial charge in [0.2, 0.25) is 0 Å². The molecule has 0 aromatic heterocycles. The smallest absolute Gasteiger partial charge is 0.255 e. The van der Waals surface area contributed by atoms with Crippen molar-refractivity contribution in [2.45, 2.75) is 12.8 Å². The van der Waals surface area contributed by atoms with Crippen LogP contribution in [0.3, 0.4) is 0 Å². The lowest BCUT2D eigenvalue weighted by atomic mass is 10.1. The van der Waals surface area contributed by atoms with Gasteiger partial charge in [-0.3, -0.25) is 4.79 Å². The number of alkyl halides is 1. The van der Waals surface area contributed by atoms with Crippen LogP contribution in [0, 0.1) is 6.92 Å². The molecule has 19 heavy (non-hydrogen) atoms. The summed E-state index contributed by atoms with van der Waals surface area (Å²) in [7, 11) is 0. The van der Waals surface area contributed by atoms with Gasteiger partial charge in [0.05, 0.1) is 0 Å². The van der Waals surface area contributed by atoms with E-state index in [1.54, 1.807) is 6.07 Å². The van der Waals surface area contributed by atoms with Crippen molar-refractivity contribution in [2.24, 2.45) is 0 Å². The Morgan fingerprint density at radius 1 is 1.26 bits per heavy atom. The van der Waals surface area contributed by atoms with E-state index < -0.39 is 0 Å². The minimum absolute atomic E-state index is 0.123. The third kappa shape index (κ3) is 3.37. The van der Waals surface area contributed by atoms with E-state index in [0.29, 0.717) is 11.4 Å². The summed E-state index contributed by atoms with van der Waals surface area (Å²) < 4.78 is 0.961. The molecule has 2 nitrogen and oxygen atoms in total. The van der Waals surface area contributed by atoms with Crippen LogP contribution in [0.1, 0.15) is 21.5 Å². The fraction of sp³-hybridized carbons (Fsp3) is 0.133. The summed E-state index contributed by atoms with van der Waals surface area (Å²) >= 11 is 9.24. The van der Waals surface area contributed by atoms with Gasteiger partial charge in [-0.05, 0) is 42.3 Å². The molecule has 2 aromatic carbocycles. The predicted molar refractivity (Wildman–Crippen MR) is 82.8 cm³/mol. The van der Waals surface area contributed by atoms with Crippen LogP contribution in [0.5, 0.6) is 0 Å². The summed E-state index contributed by atoms with van der Waals surface area (Å²) in [5.41, 5.74) is 3.25. The number of nitrogens with one attached hydrogen (secondary N) is 1. The topological polar surface area (TPSA) is 29.1 Å². The Bertz CT molecular complexity index is 613. The quantitative estimate of drug-likeness (QED) is 0.804. The Hall–Kier alpha value is -1.32. The number of anilines is 1. The SMILES string of the molecule is Cc1cc(Br)ccc1C(=O)Nc1ccccc1CCl. The first-order chi connectivity index (χ1) is 9.11. The molecule has 2 rings (SSSR count). The molecule has 98 valence electrons. The number of carbonyl (C=O) groups excluding carboxylic acids is 1. The van der Waals surface area contributed by atoms with Crippen molar-refractivity contribution >= 4 is 39.1 Å². The minimum Gasteiger partial charge on any atom is -0.322 e. The van der Waals surface area contributed by atoms with Crippen molar-refractivity contribution < 1.29 is 4.79 Å². The lowest BCUT2D eigenvalue weighted by Crippen LogP contribution is -2.14. The number of carbonyl (C=O) groups is 1.